The summed E-state index contributed by atoms with van der Waals surface area (Å²) in [6.45, 7) is 1.78. The van der Waals surface area contributed by atoms with E-state index in [0.717, 1.165) is 19.3 Å². The van der Waals surface area contributed by atoms with Gasteiger partial charge in [-0.1, -0.05) is 54.5 Å². The first-order valence-corrected chi connectivity index (χ1v) is 10.5. The van der Waals surface area contributed by atoms with Gasteiger partial charge in [-0.05, 0) is 31.9 Å². The van der Waals surface area contributed by atoms with E-state index in [9.17, 15) is 14.4 Å². The molecule has 1 fully saturated rings. The van der Waals surface area contributed by atoms with Crippen LogP contribution in [0.5, 0.6) is 0 Å². The van der Waals surface area contributed by atoms with E-state index >= 15 is 0 Å². The summed E-state index contributed by atoms with van der Waals surface area (Å²) in [5, 5.41) is 23.4. The summed E-state index contributed by atoms with van der Waals surface area (Å²) in [7, 11) is 0. The lowest BCUT2D eigenvalue weighted by molar-refractivity contribution is -0.121. The molecule has 1 saturated carbocycles. The molecule has 1 aromatic carbocycles. The molecule has 1 aromatic heterocycles. The fourth-order valence-electron chi connectivity index (χ4n) is 2.95. The number of amides is 1. The van der Waals surface area contributed by atoms with Crippen LogP contribution in [0.2, 0.25) is 0 Å². The van der Waals surface area contributed by atoms with E-state index in [0.29, 0.717) is 28.0 Å². The van der Waals surface area contributed by atoms with Crippen LogP contribution in [-0.4, -0.2) is 26.9 Å². The van der Waals surface area contributed by atoms with Crippen molar-refractivity contribution in [2.75, 3.05) is 5.32 Å². The summed E-state index contributed by atoms with van der Waals surface area (Å²) in [5.41, 5.74) is -0.424. The van der Waals surface area contributed by atoms with Gasteiger partial charge in [0.1, 0.15) is 11.4 Å². The minimum absolute atomic E-state index is 0.178. The summed E-state index contributed by atoms with van der Waals surface area (Å²) in [5.74, 6) is -0.550. The van der Waals surface area contributed by atoms with E-state index < -0.39 is 10.8 Å². The van der Waals surface area contributed by atoms with Crippen LogP contribution in [0.3, 0.4) is 0 Å². The molecule has 1 atom stereocenters. The zero-order chi connectivity index (χ0) is 19.3. The smallest absolute Gasteiger partial charge is 0.234 e. The summed E-state index contributed by atoms with van der Waals surface area (Å²) in [6.07, 6.45) is 4.41. The van der Waals surface area contributed by atoms with Gasteiger partial charge < -0.3 is 10.6 Å². The number of rotatable bonds is 6. The van der Waals surface area contributed by atoms with Crippen LogP contribution in [0.1, 0.15) is 39.0 Å². The Bertz CT molecular complexity index is 844. The normalized spacial score (nSPS) is 16.9. The van der Waals surface area contributed by atoms with Crippen molar-refractivity contribution in [1.82, 2.24) is 15.5 Å². The zero-order valence-electron chi connectivity index (χ0n) is 14.9. The van der Waals surface area contributed by atoms with Gasteiger partial charge in [-0.15, -0.1) is 10.2 Å². The van der Waals surface area contributed by atoms with Gasteiger partial charge in [0.2, 0.25) is 11.0 Å². The van der Waals surface area contributed by atoms with E-state index in [1.165, 1.54) is 29.2 Å². The predicted octanol–water partition coefficient (Wildman–Crippen LogP) is 4.24. The molecule has 9 heteroatoms. The van der Waals surface area contributed by atoms with Crippen LogP contribution < -0.4 is 10.6 Å². The van der Waals surface area contributed by atoms with Crippen molar-refractivity contribution >= 4 is 39.8 Å². The van der Waals surface area contributed by atoms with Gasteiger partial charge in [0, 0.05) is 0 Å². The first-order valence-electron chi connectivity index (χ1n) is 8.76. The lowest BCUT2D eigenvalue weighted by atomic mass is 9.83. The minimum atomic E-state index is -0.747. The Morgan fingerprint density at radius 2 is 2.07 bits per heavy atom. The molecular weight excluding hydrogens is 385 g/mol. The molecule has 0 bridgehead atoms. The third-order valence-electron chi connectivity index (χ3n) is 4.45. The topological polar surface area (TPSA) is 90.7 Å². The number of carbonyl (C=O) groups is 1. The lowest BCUT2D eigenvalue weighted by Crippen LogP contribution is -2.50. The molecule has 2 aromatic rings. The Labute approximate surface area is 165 Å². The second-order valence-corrected chi connectivity index (χ2v) is 9.05. The van der Waals surface area contributed by atoms with E-state index in [4.69, 9.17) is 0 Å². The Kier molecular flexibility index (Phi) is 6.29. The second kappa shape index (κ2) is 8.67. The Hall–Kier alpha value is -2.18. The number of hydrogen-bond donors (Lipinski definition) is 2. The van der Waals surface area contributed by atoms with Crippen molar-refractivity contribution in [3.8, 4) is 6.07 Å². The highest BCUT2D eigenvalue weighted by Gasteiger charge is 2.35. The standard InChI is InChI=1S/C18H20FN5OS2/c1-12(15(25)22-18(11-20)9-5-2-6-10-18)26-17-24-23-16(27-17)21-14-8-4-3-7-13(14)19/h3-4,7-8,12H,2,5-6,9-10H2,1H3,(H,21,23)(H,22,25)/t12-/m1/s1. The van der Waals surface area contributed by atoms with Gasteiger partial charge >= 0.3 is 0 Å². The molecule has 0 spiro atoms. The van der Waals surface area contributed by atoms with Crippen molar-refractivity contribution in [2.45, 2.75) is 54.2 Å². The fourth-order valence-corrected chi connectivity index (χ4v) is 4.86. The quantitative estimate of drug-likeness (QED) is 0.699. The van der Waals surface area contributed by atoms with Crippen LogP contribution >= 0.6 is 23.1 Å². The summed E-state index contributed by atoms with van der Waals surface area (Å²) < 4.78 is 14.3. The van der Waals surface area contributed by atoms with Gasteiger partial charge in [0.15, 0.2) is 4.34 Å². The third kappa shape index (κ3) is 4.96. The van der Waals surface area contributed by atoms with E-state index in [2.05, 4.69) is 26.9 Å². The third-order valence-corrected chi connectivity index (χ3v) is 6.48. The van der Waals surface area contributed by atoms with Crippen LogP contribution in [0.4, 0.5) is 15.2 Å². The summed E-state index contributed by atoms with van der Waals surface area (Å²) in [6, 6.07) is 8.61. The SMILES string of the molecule is C[C@@H](Sc1nnc(Nc2ccccc2F)s1)C(=O)NC1(C#N)CCCCC1. The molecule has 3 rings (SSSR count). The number of halogens is 1. The molecule has 0 radical (unpaired) electrons. The molecular formula is C18H20FN5OS2. The highest BCUT2D eigenvalue weighted by Crippen LogP contribution is 2.32. The molecule has 2 N–H and O–H groups in total. The number of nitrogens with one attached hydrogen (secondary N) is 2. The van der Waals surface area contributed by atoms with Crippen molar-refractivity contribution < 1.29 is 9.18 Å². The number of anilines is 2. The van der Waals surface area contributed by atoms with E-state index in [1.807, 2.05) is 0 Å². The zero-order valence-corrected chi connectivity index (χ0v) is 16.5. The minimum Gasteiger partial charge on any atom is -0.337 e. The maximum absolute atomic E-state index is 13.7. The molecule has 1 aliphatic carbocycles. The van der Waals surface area contributed by atoms with Gasteiger partial charge in [-0.25, -0.2) is 4.39 Å². The average molecular weight is 406 g/mol. The Balaban J connectivity index is 1.59. The van der Waals surface area contributed by atoms with Gasteiger partial charge in [0.05, 0.1) is 17.0 Å². The number of para-hydroxylation sites is 1. The molecule has 142 valence electrons. The molecule has 27 heavy (non-hydrogen) atoms. The average Bonchev–Trinajstić information content (AvgIpc) is 3.11. The van der Waals surface area contributed by atoms with Gasteiger partial charge in [-0.3, -0.25) is 4.79 Å². The first-order chi connectivity index (χ1) is 13.0. The van der Waals surface area contributed by atoms with Crippen molar-refractivity contribution in [3.05, 3.63) is 30.1 Å². The number of nitrogens with zero attached hydrogens (tertiary/aromatic N) is 3. The van der Waals surface area contributed by atoms with Gasteiger partial charge in [0.25, 0.3) is 0 Å². The number of nitriles is 1. The van der Waals surface area contributed by atoms with Crippen molar-refractivity contribution in [1.29, 1.82) is 5.26 Å². The number of hydrogen-bond acceptors (Lipinski definition) is 7. The largest absolute Gasteiger partial charge is 0.337 e. The highest BCUT2D eigenvalue weighted by atomic mass is 32.2. The summed E-state index contributed by atoms with van der Waals surface area (Å²) in [4.78, 5) is 12.5. The van der Waals surface area contributed by atoms with Crippen LogP contribution in [-0.2, 0) is 4.79 Å². The Morgan fingerprint density at radius 3 is 2.78 bits per heavy atom. The molecule has 1 amide bonds. The van der Waals surface area contributed by atoms with Crippen LogP contribution in [0.25, 0.3) is 0 Å². The number of benzene rings is 1. The summed E-state index contributed by atoms with van der Waals surface area (Å²) >= 11 is 2.53. The number of thioether (sulfide) groups is 1. The highest BCUT2D eigenvalue weighted by molar-refractivity contribution is 8.02. The second-order valence-electron chi connectivity index (χ2n) is 6.48. The molecule has 6 nitrogen and oxygen atoms in total. The van der Waals surface area contributed by atoms with Crippen LogP contribution in [0.15, 0.2) is 28.6 Å². The van der Waals surface area contributed by atoms with Crippen molar-refractivity contribution in [2.24, 2.45) is 0 Å². The maximum Gasteiger partial charge on any atom is 0.234 e. The predicted molar refractivity (Wildman–Crippen MR) is 104 cm³/mol. The van der Waals surface area contributed by atoms with Gasteiger partial charge in [-0.2, -0.15) is 5.26 Å². The van der Waals surface area contributed by atoms with E-state index in [-0.39, 0.29) is 11.7 Å². The first kappa shape index (κ1) is 19.6. The molecule has 0 unspecified atom stereocenters. The molecule has 1 heterocycles. The lowest BCUT2D eigenvalue weighted by Gasteiger charge is -2.32. The fraction of sp³-hybridized carbons (Fsp3) is 0.444. The monoisotopic (exact) mass is 405 g/mol. The Morgan fingerprint density at radius 1 is 1.33 bits per heavy atom. The number of carbonyl (C=O) groups excluding carboxylic acids is 1. The number of aromatic nitrogens is 2. The van der Waals surface area contributed by atoms with E-state index in [1.54, 1.807) is 25.1 Å². The molecule has 1 aliphatic rings. The maximum atomic E-state index is 13.7. The molecule has 0 aliphatic heterocycles. The van der Waals surface area contributed by atoms with Crippen LogP contribution in [0, 0.1) is 17.1 Å². The molecule has 0 saturated heterocycles. The van der Waals surface area contributed by atoms with Crippen molar-refractivity contribution in [3.63, 3.8) is 0 Å².